The topological polar surface area (TPSA) is 84.7 Å². The van der Waals surface area contributed by atoms with Crippen molar-refractivity contribution in [2.24, 2.45) is 5.92 Å². The molecule has 0 atom stereocenters. The number of carbonyl (C=O) groups excluding carboxylic acids is 1. The standard InChI is InChI=1S/C16H23N3O4/c1-17-8-5-12-6-9-18(10-7-12)16(20)13-3-4-15(23-2)14(11-13)19(21)22/h3-4,11-12,17H,5-10H2,1-2H3. The lowest BCUT2D eigenvalue weighted by Crippen LogP contribution is -2.39. The van der Waals surface area contributed by atoms with E-state index in [1.165, 1.54) is 19.2 Å². The van der Waals surface area contributed by atoms with Gasteiger partial charge in [0.15, 0.2) is 5.75 Å². The van der Waals surface area contributed by atoms with Crippen LogP contribution in [0.15, 0.2) is 18.2 Å². The molecule has 1 amide bonds. The number of hydrogen-bond donors (Lipinski definition) is 1. The van der Waals surface area contributed by atoms with Gasteiger partial charge < -0.3 is 15.0 Å². The maximum Gasteiger partial charge on any atom is 0.311 e. The van der Waals surface area contributed by atoms with Crippen molar-refractivity contribution in [3.8, 4) is 5.75 Å². The quantitative estimate of drug-likeness (QED) is 0.640. The summed E-state index contributed by atoms with van der Waals surface area (Å²) in [7, 11) is 3.31. The highest BCUT2D eigenvalue weighted by Gasteiger charge is 2.25. The minimum absolute atomic E-state index is 0.150. The molecule has 1 aliphatic rings. The second-order valence-electron chi connectivity index (χ2n) is 5.77. The van der Waals surface area contributed by atoms with Gasteiger partial charge in [-0.25, -0.2) is 0 Å². The first-order valence-corrected chi connectivity index (χ1v) is 7.83. The maximum absolute atomic E-state index is 12.5. The largest absolute Gasteiger partial charge is 0.490 e. The van der Waals surface area contributed by atoms with Crippen molar-refractivity contribution in [3.05, 3.63) is 33.9 Å². The summed E-state index contributed by atoms with van der Waals surface area (Å²) in [5.41, 5.74) is 0.161. The molecule has 1 aromatic carbocycles. The van der Waals surface area contributed by atoms with Gasteiger partial charge in [-0.3, -0.25) is 14.9 Å². The zero-order chi connectivity index (χ0) is 16.8. The minimum Gasteiger partial charge on any atom is -0.490 e. The van der Waals surface area contributed by atoms with E-state index in [4.69, 9.17) is 4.74 Å². The molecule has 2 rings (SSSR count). The van der Waals surface area contributed by atoms with Crippen molar-refractivity contribution in [2.45, 2.75) is 19.3 Å². The van der Waals surface area contributed by atoms with Crippen LogP contribution in [0.1, 0.15) is 29.6 Å². The summed E-state index contributed by atoms with van der Waals surface area (Å²) in [5, 5.41) is 14.2. The number of hydrogen-bond acceptors (Lipinski definition) is 5. The molecule has 1 saturated heterocycles. The minimum atomic E-state index is -0.528. The molecule has 0 unspecified atom stereocenters. The van der Waals surface area contributed by atoms with Gasteiger partial charge in [0.25, 0.3) is 5.91 Å². The molecule has 1 N–H and O–H groups in total. The van der Waals surface area contributed by atoms with Crippen LogP contribution in [-0.4, -0.2) is 49.5 Å². The number of nitro groups is 1. The van der Waals surface area contributed by atoms with Crippen LogP contribution >= 0.6 is 0 Å². The van der Waals surface area contributed by atoms with Crippen molar-refractivity contribution in [1.29, 1.82) is 0 Å². The first kappa shape index (κ1) is 17.2. The number of likely N-dealkylation sites (tertiary alicyclic amines) is 1. The first-order chi connectivity index (χ1) is 11.1. The van der Waals surface area contributed by atoms with Gasteiger partial charge >= 0.3 is 5.69 Å². The Labute approximate surface area is 135 Å². The second-order valence-corrected chi connectivity index (χ2v) is 5.77. The predicted molar refractivity (Wildman–Crippen MR) is 86.8 cm³/mol. The summed E-state index contributed by atoms with van der Waals surface area (Å²) in [6.45, 7) is 2.39. The Hall–Kier alpha value is -2.15. The van der Waals surface area contributed by atoms with Crippen molar-refractivity contribution in [1.82, 2.24) is 10.2 Å². The molecule has 1 heterocycles. The summed E-state index contributed by atoms with van der Waals surface area (Å²) in [6, 6.07) is 4.36. The Morgan fingerprint density at radius 3 is 2.70 bits per heavy atom. The zero-order valence-corrected chi connectivity index (χ0v) is 13.6. The average molecular weight is 321 g/mol. The lowest BCUT2D eigenvalue weighted by Gasteiger charge is -2.32. The monoisotopic (exact) mass is 321 g/mol. The predicted octanol–water partition coefficient (Wildman–Crippen LogP) is 2.07. The van der Waals surface area contributed by atoms with Crippen molar-refractivity contribution >= 4 is 11.6 Å². The Kier molecular flexibility index (Phi) is 5.92. The van der Waals surface area contributed by atoms with Crippen LogP contribution in [0.25, 0.3) is 0 Å². The van der Waals surface area contributed by atoms with E-state index < -0.39 is 4.92 Å². The zero-order valence-electron chi connectivity index (χ0n) is 13.6. The molecule has 23 heavy (non-hydrogen) atoms. The second kappa shape index (κ2) is 7.92. The molecule has 1 aromatic rings. The van der Waals surface area contributed by atoms with E-state index in [0.29, 0.717) is 24.6 Å². The molecule has 126 valence electrons. The van der Waals surface area contributed by atoms with Crippen LogP contribution in [0, 0.1) is 16.0 Å². The van der Waals surface area contributed by atoms with E-state index in [0.717, 1.165) is 25.8 Å². The van der Waals surface area contributed by atoms with Crippen molar-refractivity contribution < 1.29 is 14.5 Å². The number of rotatable bonds is 6. The molecule has 0 aromatic heterocycles. The normalized spacial score (nSPS) is 15.5. The fourth-order valence-corrected chi connectivity index (χ4v) is 2.92. The molecule has 0 bridgehead atoms. The van der Waals surface area contributed by atoms with E-state index in [1.54, 1.807) is 11.0 Å². The van der Waals surface area contributed by atoms with E-state index in [2.05, 4.69) is 5.32 Å². The Morgan fingerprint density at radius 2 is 2.13 bits per heavy atom. The van der Waals surface area contributed by atoms with Gasteiger partial charge in [0.1, 0.15) is 0 Å². The molecule has 0 radical (unpaired) electrons. The summed E-state index contributed by atoms with van der Waals surface area (Å²) >= 11 is 0. The highest BCUT2D eigenvalue weighted by molar-refractivity contribution is 5.95. The third kappa shape index (κ3) is 4.19. The maximum atomic E-state index is 12.5. The van der Waals surface area contributed by atoms with Gasteiger partial charge in [0.2, 0.25) is 0 Å². The smallest absolute Gasteiger partial charge is 0.311 e. The SMILES string of the molecule is CNCCC1CCN(C(=O)c2ccc(OC)c([N+](=O)[O-])c2)CC1. The number of benzene rings is 1. The fraction of sp³-hybridized carbons (Fsp3) is 0.562. The summed E-state index contributed by atoms with van der Waals surface area (Å²) < 4.78 is 4.97. The van der Waals surface area contributed by atoms with Gasteiger partial charge in [0.05, 0.1) is 12.0 Å². The van der Waals surface area contributed by atoms with E-state index >= 15 is 0 Å². The molecule has 7 heteroatoms. The van der Waals surface area contributed by atoms with E-state index in [9.17, 15) is 14.9 Å². The third-order valence-electron chi connectivity index (χ3n) is 4.33. The molecule has 0 aliphatic carbocycles. The van der Waals surface area contributed by atoms with E-state index in [1.807, 2.05) is 7.05 Å². The van der Waals surface area contributed by atoms with Crippen LogP contribution in [0.2, 0.25) is 0 Å². The van der Waals surface area contributed by atoms with Crippen molar-refractivity contribution in [2.75, 3.05) is 33.8 Å². The fourth-order valence-electron chi connectivity index (χ4n) is 2.92. The Morgan fingerprint density at radius 1 is 1.43 bits per heavy atom. The van der Waals surface area contributed by atoms with Gasteiger partial charge in [-0.1, -0.05) is 0 Å². The number of piperidine rings is 1. The van der Waals surface area contributed by atoms with Gasteiger partial charge in [-0.15, -0.1) is 0 Å². The highest BCUT2D eigenvalue weighted by Crippen LogP contribution is 2.29. The molecule has 0 saturated carbocycles. The van der Waals surface area contributed by atoms with Gasteiger partial charge in [-0.2, -0.15) is 0 Å². The number of nitro benzene ring substituents is 1. The molecule has 0 spiro atoms. The number of methoxy groups -OCH3 is 1. The highest BCUT2D eigenvalue weighted by atomic mass is 16.6. The molecule has 1 fully saturated rings. The number of carbonyl (C=O) groups is 1. The Bertz CT molecular complexity index is 568. The van der Waals surface area contributed by atoms with E-state index in [-0.39, 0.29) is 17.3 Å². The summed E-state index contributed by atoms with van der Waals surface area (Å²) in [5.74, 6) is 0.650. The van der Waals surface area contributed by atoms with Crippen molar-refractivity contribution in [3.63, 3.8) is 0 Å². The van der Waals surface area contributed by atoms with Crippen LogP contribution in [0.5, 0.6) is 5.75 Å². The van der Waals surface area contributed by atoms with Crippen LogP contribution in [0.4, 0.5) is 5.69 Å². The molecule has 1 aliphatic heterocycles. The van der Waals surface area contributed by atoms with Gasteiger partial charge in [0, 0.05) is 24.7 Å². The number of ether oxygens (including phenoxy) is 1. The molecular weight excluding hydrogens is 298 g/mol. The van der Waals surface area contributed by atoms with Crippen LogP contribution in [0.3, 0.4) is 0 Å². The van der Waals surface area contributed by atoms with Crippen LogP contribution in [-0.2, 0) is 0 Å². The third-order valence-corrected chi connectivity index (χ3v) is 4.33. The number of nitrogens with one attached hydrogen (secondary N) is 1. The Balaban J connectivity index is 2.04. The number of amides is 1. The first-order valence-electron chi connectivity index (χ1n) is 7.83. The lowest BCUT2D eigenvalue weighted by molar-refractivity contribution is -0.385. The summed E-state index contributed by atoms with van der Waals surface area (Å²) in [6.07, 6.45) is 3.07. The van der Waals surface area contributed by atoms with Gasteiger partial charge in [-0.05, 0) is 50.9 Å². The molecule has 7 nitrogen and oxygen atoms in total. The lowest BCUT2D eigenvalue weighted by atomic mass is 9.93. The number of nitrogens with zero attached hydrogens (tertiary/aromatic N) is 2. The summed E-state index contributed by atoms with van der Waals surface area (Å²) in [4.78, 5) is 24.9. The molecular formula is C16H23N3O4. The van der Waals surface area contributed by atoms with Crippen LogP contribution < -0.4 is 10.1 Å². The average Bonchev–Trinajstić information content (AvgIpc) is 2.59.